The first-order chi connectivity index (χ1) is 28.1. The largest absolute Gasteiger partial charge is 0.659 e. The first-order valence-electron chi connectivity index (χ1n) is 21.4. The van der Waals surface area contributed by atoms with Crippen LogP contribution in [0.25, 0.3) is 11.0 Å². The van der Waals surface area contributed by atoms with Gasteiger partial charge >= 0.3 is 17.6 Å². The number of nitro benzene ring substituents is 1. The summed E-state index contributed by atoms with van der Waals surface area (Å²) in [6.45, 7) is 1.15. The van der Waals surface area contributed by atoms with Crippen molar-refractivity contribution >= 4 is 42.3 Å². The lowest BCUT2D eigenvalue weighted by molar-refractivity contribution is -0.383. The Bertz CT molecular complexity index is 1400. The van der Waals surface area contributed by atoms with E-state index in [2.05, 4.69) is 27.2 Å². The summed E-state index contributed by atoms with van der Waals surface area (Å²) in [4.78, 5) is 69.8. The summed E-state index contributed by atoms with van der Waals surface area (Å²) >= 11 is 0. The van der Waals surface area contributed by atoms with Crippen LogP contribution in [0.2, 0.25) is 0 Å². The molecule has 1 aromatic carbocycles. The zero-order valence-corrected chi connectivity index (χ0v) is 35.4. The average molecular weight is 844 g/mol. The molecule has 0 amide bonds. The molecule has 0 aliphatic heterocycles. The smallest absolute Gasteiger partial charge is 0.342 e. The Morgan fingerprint density at radius 2 is 1.29 bits per heavy atom. The van der Waals surface area contributed by atoms with E-state index < -0.39 is 63.0 Å². The minimum atomic E-state index is -4.57. The molecule has 0 spiro atoms. The highest BCUT2D eigenvalue weighted by atomic mass is 31.2. The molecule has 0 saturated heterocycles. The number of benzene rings is 1. The number of carbonyl (C=O) groups is 2. The lowest BCUT2D eigenvalue weighted by Crippen LogP contribution is -2.37. The molecule has 1 heterocycles. The third-order valence-corrected chi connectivity index (χ3v) is 11.2. The van der Waals surface area contributed by atoms with Crippen molar-refractivity contribution in [2.45, 2.75) is 173 Å². The van der Waals surface area contributed by atoms with Gasteiger partial charge in [-0.05, 0) is 35.6 Å². The number of ether oxygens (including phenoxy) is 1. The quantitative estimate of drug-likeness (QED) is 0.0151. The van der Waals surface area contributed by atoms with Gasteiger partial charge in [-0.25, -0.2) is 13.9 Å². The second kappa shape index (κ2) is 31.8. The Kier molecular flexibility index (Phi) is 28.0. The number of esters is 1. The first kappa shape index (κ1) is 51.1. The highest BCUT2D eigenvalue weighted by Gasteiger charge is 2.25. The van der Waals surface area contributed by atoms with Gasteiger partial charge in [0.25, 0.3) is 0 Å². The number of unbranched alkanes of at least 4 members (excludes halogenated alkanes) is 20. The van der Waals surface area contributed by atoms with Gasteiger partial charge in [-0.2, -0.15) is 4.89 Å². The van der Waals surface area contributed by atoms with Gasteiger partial charge in [0.15, 0.2) is 11.6 Å². The molecule has 0 aliphatic rings. The number of nitrogens with one attached hydrogen (secondary N) is 1. The van der Waals surface area contributed by atoms with Crippen molar-refractivity contribution in [2.75, 3.05) is 37.8 Å². The van der Waals surface area contributed by atoms with Gasteiger partial charge in [-0.3, -0.25) is 19.8 Å². The number of non-ortho nitro benzene ring substituents is 1. The van der Waals surface area contributed by atoms with E-state index in [0.29, 0.717) is 30.6 Å². The zero-order valence-electron chi connectivity index (χ0n) is 34.5. The highest BCUT2D eigenvalue weighted by Crippen LogP contribution is 2.42. The van der Waals surface area contributed by atoms with Crippen molar-refractivity contribution in [2.24, 2.45) is 0 Å². The maximum Gasteiger partial charge on any atom is 0.342 e. The molecule has 2 rings (SSSR count). The van der Waals surface area contributed by atoms with Crippen molar-refractivity contribution < 1.29 is 58.2 Å². The number of anilines is 1. The van der Waals surface area contributed by atoms with Crippen molar-refractivity contribution in [3.63, 3.8) is 0 Å². The van der Waals surface area contributed by atoms with Crippen LogP contribution in [0.4, 0.5) is 11.4 Å². The third kappa shape index (κ3) is 24.1. The summed E-state index contributed by atoms with van der Waals surface area (Å²) in [5.74, 6) is -1.12. The molecule has 0 fully saturated rings. The summed E-state index contributed by atoms with van der Waals surface area (Å²) in [6.07, 6.45) is 20.6. The van der Waals surface area contributed by atoms with Gasteiger partial charge in [0.2, 0.25) is 5.52 Å². The fraction of sp³-hybridized carbons (Fsp3) is 0.800. The Labute approximate surface area is 343 Å². The predicted molar refractivity (Wildman–Crippen MR) is 216 cm³/mol. The Hall–Kier alpha value is -3.05. The molecule has 17 nitrogen and oxygen atoms in total. The summed E-state index contributed by atoms with van der Waals surface area (Å²) < 4.78 is 14.9. The van der Waals surface area contributed by atoms with Crippen molar-refractivity contribution in [3.8, 4) is 0 Å². The van der Waals surface area contributed by atoms with Crippen molar-refractivity contribution in [1.29, 1.82) is 0 Å². The minimum Gasteiger partial charge on any atom is -0.659 e. The molecule has 0 unspecified atom stereocenters. The van der Waals surface area contributed by atoms with Crippen LogP contribution < -0.4 is 15.1 Å². The fourth-order valence-corrected chi connectivity index (χ4v) is 7.51. The maximum atomic E-state index is 12.4. The van der Waals surface area contributed by atoms with E-state index >= 15 is 0 Å². The van der Waals surface area contributed by atoms with E-state index in [0.717, 1.165) is 70.6 Å². The number of aliphatic hydroxyl groups excluding tert-OH is 2. The molecule has 2 atom stereocenters. The lowest BCUT2D eigenvalue weighted by Gasteiger charge is -2.35. The van der Waals surface area contributed by atoms with Crippen LogP contribution in [0, 0.1) is 10.1 Å². The van der Waals surface area contributed by atoms with Crippen LogP contribution in [-0.2, 0) is 28.6 Å². The number of fused-ring (bicyclic) bond motifs is 1. The number of nitrogens with zero attached hydrogens (tertiary/aromatic N) is 3. The van der Waals surface area contributed by atoms with Crippen LogP contribution in [0.5, 0.6) is 0 Å². The maximum absolute atomic E-state index is 12.4. The normalized spacial score (nSPS) is 12.8. The molecule has 332 valence electrons. The van der Waals surface area contributed by atoms with Crippen LogP contribution in [0.15, 0.2) is 16.8 Å². The Morgan fingerprint density at radius 1 is 0.776 bits per heavy atom. The highest BCUT2D eigenvalue weighted by molar-refractivity contribution is 7.56. The molecule has 0 aliphatic carbocycles. The van der Waals surface area contributed by atoms with Crippen LogP contribution in [0.1, 0.15) is 161 Å². The summed E-state index contributed by atoms with van der Waals surface area (Å²) in [5.41, 5.74) is 0.949. The standard InChI is InChI=1S/C40H69N4O13P/c1-2-3-4-5-6-7-8-9-10-12-15-18-21-24-37(47)53-30-34(31-54-58(51,52)32-33(46)29-45)55-56-38(48)25-22-19-16-13-11-14-17-20-23-28-41-35-26-27-36(44(49)50)40-39(35)42-57-43-40/h26-27,33-34,41,45-46H,2-25,28-32H2,1H3,(H,51,52)/p-1/t33-,34-/m1/s1. The predicted octanol–water partition coefficient (Wildman–Crippen LogP) is 7.16. The molecular weight excluding hydrogens is 775 g/mol. The van der Waals surface area contributed by atoms with Crippen LogP contribution in [-0.4, -0.2) is 82.1 Å². The van der Waals surface area contributed by atoms with E-state index in [1.807, 2.05) is 0 Å². The van der Waals surface area contributed by atoms with E-state index in [-0.39, 0.29) is 24.0 Å². The second-order valence-corrected chi connectivity index (χ2v) is 16.8. The van der Waals surface area contributed by atoms with Crippen LogP contribution >= 0.6 is 7.94 Å². The summed E-state index contributed by atoms with van der Waals surface area (Å²) in [6, 6.07) is 2.99. The van der Waals surface area contributed by atoms with E-state index in [9.17, 15) is 34.6 Å². The number of aliphatic hydroxyl groups is 2. The number of rotatable bonds is 38. The second-order valence-electron chi connectivity index (χ2n) is 15.0. The first-order valence-corrected chi connectivity index (χ1v) is 23.2. The molecule has 0 bridgehead atoms. The molecule has 58 heavy (non-hydrogen) atoms. The lowest BCUT2D eigenvalue weighted by atomic mass is 10.0. The minimum absolute atomic E-state index is 0.0909. The molecule has 2 aromatic rings. The van der Waals surface area contributed by atoms with E-state index in [1.54, 1.807) is 6.07 Å². The number of carbonyl (C=O) groups excluding carboxylic acids is 2. The fourth-order valence-electron chi connectivity index (χ4n) is 6.38. The van der Waals surface area contributed by atoms with E-state index in [1.165, 1.54) is 63.9 Å². The van der Waals surface area contributed by atoms with Gasteiger partial charge in [-0.1, -0.05) is 129 Å². The molecule has 0 saturated carbocycles. The Morgan fingerprint density at radius 3 is 1.84 bits per heavy atom. The zero-order chi connectivity index (χ0) is 42.3. The van der Waals surface area contributed by atoms with Crippen molar-refractivity contribution in [3.05, 3.63) is 22.2 Å². The number of hydrogen-bond donors (Lipinski definition) is 3. The van der Waals surface area contributed by atoms with Gasteiger partial charge in [0.1, 0.15) is 25.5 Å². The number of hydrogen-bond acceptors (Lipinski definition) is 16. The Balaban J connectivity index is 1.55. The summed E-state index contributed by atoms with van der Waals surface area (Å²) in [7, 11) is -4.57. The van der Waals surface area contributed by atoms with Crippen LogP contribution in [0.3, 0.4) is 0 Å². The average Bonchev–Trinajstić information content (AvgIpc) is 3.70. The third-order valence-electron chi connectivity index (χ3n) is 9.76. The van der Waals surface area contributed by atoms with E-state index in [4.69, 9.17) is 24.1 Å². The molecule has 18 heteroatoms. The van der Waals surface area contributed by atoms with Gasteiger partial charge in [-0.15, -0.1) is 0 Å². The van der Waals surface area contributed by atoms with Gasteiger partial charge in [0.05, 0.1) is 25.2 Å². The van der Waals surface area contributed by atoms with Gasteiger partial charge < -0.3 is 30.1 Å². The molecule has 0 radical (unpaired) electrons. The summed E-state index contributed by atoms with van der Waals surface area (Å²) in [5, 5.41) is 40.3. The SMILES string of the molecule is CCCCCCCCCCCCCCCC(=O)OC[C@H](CO[P+]([O-])([O-])C[C@H](O)CO)OOC(=O)CCCCCCCCCCCNc1ccc([N+](=O)[O-])c2nonc12. The molecular formula is C40H68N4O13P-. The monoisotopic (exact) mass is 843 g/mol. The molecule has 3 N–H and O–H groups in total. The number of aromatic nitrogens is 2. The topological polar surface area (TPSA) is 252 Å². The number of nitro groups is 1. The van der Waals surface area contributed by atoms with Gasteiger partial charge in [0, 0.05) is 25.5 Å². The van der Waals surface area contributed by atoms with Crippen molar-refractivity contribution in [1.82, 2.24) is 10.3 Å². The molecule has 1 aromatic heterocycles.